The molecule has 2 atom stereocenters. The molecule has 2 rings (SSSR count). The molecule has 160 valence electrons. The molecule has 0 bridgehead atoms. The molecule has 0 aliphatic carbocycles. The summed E-state index contributed by atoms with van der Waals surface area (Å²) in [5.74, 6) is -1.72. The zero-order valence-corrected chi connectivity index (χ0v) is 17.5. The molecule has 0 saturated heterocycles. The SMILES string of the molecule is CCOC(=O)[C@H](C)C[C@@H](Cc1ccc(-c2ccccc2)cc1)NC(=O)CCC(=O)[OH2+]. The minimum Gasteiger partial charge on any atom is -0.565 e. The van der Waals surface area contributed by atoms with E-state index in [1.807, 2.05) is 54.6 Å². The predicted octanol–water partition coefficient (Wildman–Crippen LogP) is 3.00. The van der Waals surface area contributed by atoms with E-state index < -0.39 is 5.97 Å². The van der Waals surface area contributed by atoms with Crippen LogP contribution in [0.15, 0.2) is 54.6 Å². The first-order chi connectivity index (χ1) is 14.4. The zero-order valence-electron chi connectivity index (χ0n) is 17.5. The normalized spacial score (nSPS) is 12.6. The maximum atomic E-state index is 12.2. The number of hydrogen-bond donors (Lipinski definition) is 1. The molecule has 0 aliphatic heterocycles. The van der Waals surface area contributed by atoms with Crippen molar-refractivity contribution < 1.29 is 24.2 Å². The average Bonchev–Trinajstić information content (AvgIpc) is 2.73. The van der Waals surface area contributed by atoms with Crippen molar-refractivity contribution in [3.63, 3.8) is 0 Å². The Kier molecular flexibility index (Phi) is 9.06. The Morgan fingerprint density at radius 2 is 1.60 bits per heavy atom. The van der Waals surface area contributed by atoms with Crippen LogP contribution in [0.3, 0.4) is 0 Å². The topological polar surface area (TPSA) is 95.4 Å². The van der Waals surface area contributed by atoms with Crippen LogP contribution < -0.4 is 5.32 Å². The van der Waals surface area contributed by atoms with Gasteiger partial charge < -0.3 is 15.2 Å². The molecule has 2 aromatic rings. The summed E-state index contributed by atoms with van der Waals surface area (Å²) < 4.78 is 5.08. The summed E-state index contributed by atoms with van der Waals surface area (Å²) >= 11 is 0. The standard InChI is InChI=1S/C24H29NO5/c1-3-30-24(29)17(2)15-21(25-22(26)13-14-23(27)28)16-18-9-11-20(12-10-18)19-7-5-4-6-8-19/h4-12,17,21H,3,13-16H2,1-2H3,(H,25,26)(H,27,28)/p+1/t17-,21+/m1/s1. The van der Waals surface area contributed by atoms with Crippen LogP contribution in [0.2, 0.25) is 0 Å². The molecule has 30 heavy (non-hydrogen) atoms. The molecule has 0 unspecified atom stereocenters. The number of hydrogen-bond acceptors (Lipinski definition) is 4. The number of carbonyl (C=O) groups is 3. The minimum atomic E-state index is -0.766. The third kappa shape index (κ3) is 7.70. The maximum absolute atomic E-state index is 12.2. The summed E-state index contributed by atoms with van der Waals surface area (Å²) in [7, 11) is 0. The molecule has 0 radical (unpaired) electrons. The van der Waals surface area contributed by atoms with Crippen molar-refractivity contribution in [1.29, 1.82) is 0 Å². The summed E-state index contributed by atoms with van der Waals surface area (Å²) in [5.41, 5.74) is 3.27. The van der Waals surface area contributed by atoms with Crippen molar-refractivity contribution in [3.8, 4) is 11.1 Å². The van der Waals surface area contributed by atoms with Gasteiger partial charge >= 0.3 is 11.9 Å². The summed E-state index contributed by atoms with van der Waals surface area (Å²) in [4.78, 5) is 35.1. The quantitative estimate of drug-likeness (QED) is 0.453. The van der Waals surface area contributed by atoms with Crippen molar-refractivity contribution in [3.05, 3.63) is 60.2 Å². The van der Waals surface area contributed by atoms with E-state index in [1.54, 1.807) is 13.8 Å². The number of nitrogens with one attached hydrogen (secondary N) is 1. The fourth-order valence-electron chi connectivity index (χ4n) is 3.28. The molecular formula is C24H30NO5+. The van der Waals surface area contributed by atoms with Crippen LogP contribution in [0, 0.1) is 5.92 Å². The lowest BCUT2D eigenvalue weighted by molar-refractivity contribution is -0.148. The Morgan fingerprint density at radius 1 is 0.967 bits per heavy atom. The van der Waals surface area contributed by atoms with Crippen molar-refractivity contribution in [2.24, 2.45) is 5.92 Å². The van der Waals surface area contributed by atoms with Gasteiger partial charge in [0.2, 0.25) is 5.91 Å². The average molecular weight is 413 g/mol. The van der Waals surface area contributed by atoms with E-state index >= 15 is 0 Å². The summed E-state index contributed by atoms with van der Waals surface area (Å²) in [6.07, 6.45) is 0.844. The molecule has 0 heterocycles. The second-order valence-corrected chi connectivity index (χ2v) is 7.34. The van der Waals surface area contributed by atoms with E-state index in [-0.39, 0.29) is 36.7 Å². The predicted molar refractivity (Wildman–Crippen MR) is 116 cm³/mol. The van der Waals surface area contributed by atoms with Gasteiger partial charge in [-0.3, -0.25) is 9.59 Å². The highest BCUT2D eigenvalue weighted by Crippen LogP contribution is 2.21. The summed E-state index contributed by atoms with van der Waals surface area (Å²) in [5, 5.41) is 9.87. The zero-order chi connectivity index (χ0) is 21.9. The van der Waals surface area contributed by atoms with E-state index in [2.05, 4.69) is 5.32 Å². The van der Waals surface area contributed by atoms with Gasteiger partial charge in [0.05, 0.1) is 12.5 Å². The number of ether oxygens (including phenoxy) is 1. The van der Waals surface area contributed by atoms with Crippen molar-refractivity contribution >= 4 is 17.8 Å². The minimum absolute atomic E-state index is 0.0282. The fourth-order valence-corrected chi connectivity index (χ4v) is 3.28. The molecule has 6 nitrogen and oxygen atoms in total. The van der Waals surface area contributed by atoms with E-state index in [0.717, 1.165) is 16.7 Å². The van der Waals surface area contributed by atoms with Gasteiger partial charge in [-0.05, 0) is 36.5 Å². The second-order valence-electron chi connectivity index (χ2n) is 7.34. The summed E-state index contributed by atoms with van der Waals surface area (Å²) in [6, 6.07) is 17.9. The number of carbonyl (C=O) groups excluding carboxylic acids is 3. The third-order valence-corrected chi connectivity index (χ3v) is 4.81. The summed E-state index contributed by atoms with van der Waals surface area (Å²) in [6.45, 7) is 3.85. The van der Waals surface area contributed by atoms with E-state index in [4.69, 9.17) is 9.84 Å². The molecule has 0 aliphatic rings. The Morgan fingerprint density at radius 3 is 2.20 bits per heavy atom. The van der Waals surface area contributed by atoms with Crippen molar-refractivity contribution in [2.45, 2.75) is 45.6 Å². The van der Waals surface area contributed by atoms with Crippen LogP contribution in [0.4, 0.5) is 0 Å². The van der Waals surface area contributed by atoms with Gasteiger partial charge in [-0.2, -0.15) is 0 Å². The van der Waals surface area contributed by atoms with Crippen LogP contribution in [0.5, 0.6) is 0 Å². The van der Waals surface area contributed by atoms with E-state index in [0.29, 0.717) is 19.4 Å². The first-order valence-electron chi connectivity index (χ1n) is 10.2. The molecule has 3 N–H and O–H groups in total. The van der Waals surface area contributed by atoms with Gasteiger partial charge in [0.1, 0.15) is 6.42 Å². The first-order valence-corrected chi connectivity index (χ1v) is 10.2. The van der Waals surface area contributed by atoms with Crippen molar-refractivity contribution in [2.75, 3.05) is 6.61 Å². The van der Waals surface area contributed by atoms with Gasteiger partial charge in [0, 0.05) is 17.3 Å². The van der Waals surface area contributed by atoms with Crippen molar-refractivity contribution in [1.82, 2.24) is 5.32 Å². The largest absolute Gasteiger partial charge is 0.565 e. The second kappa shape index (κ2) is 11.8. The maximum Gasteiger partial charge on any atom is 0.516 e. The molecule has 6 heteroatoms. The van der Waals surface area contributed by atoms with Gasteiger partial charge in [-0.15, -0.1) is 0 Å². The Hall–Kier alpha value is -3.15. The van der Waals surface area contributed by atoms with E-state index in [1.165, 1.54) is 0 Å². The lowest BCUT2D eigenvalue weighted by Gasteiger charge is -2.22. The Balaban J connectivity index is 2.07. The highest BCUT2D eigenvalue weighted by Gasteiger charge is 2.22. The van der Waals surface area contributed by atoms with Crippen LogP contribution in [0.25, 0.3) is 11.1 Å². The van der Waals surface area contributed by atoms with Crippen LogP contribution in [-0.2, 0) is 25.5 Å². The van der Waals surface area contributed by atoms with Crippen LogP contribution in [-0.4, -0.2) is 35.6 Å². The highest BCUT2D eigenvalue weighted by molar-refractivity contribution is 5.81. The third-order valence-electron chi connectivity index (χ3n) is 4.81. The number of benzene rings is 2. The molecular weight excluding hydrogens is 382 g/mol. The number of amides is 1. The Labute approximate surface area is 177 Å². The van der Waals surface area contributed by atoms with Gasteiger partial charge in [-0.25, -0.2) is 0 Å². The molecule has 0 spiro atoms. The smallest absolute Gasteiger partial charge is 0.516 e. The molecule has 0 fully saturated rings. The monoisotopic (exact) mass is 412 g/mol. The van der Waals surface area contributed by atoms with E-state index in [9.17, 15) is 14.4 Å². The molecule has 0 aromatic heterocycles. The highest BCUT2D eigenvalue weighted by atomic mass is 16.5. The fraction of sp³-hybridized carbons (Fsp3) is 0.375. The number of esters is 1. The first kappa shape index (κ1) is 23.1. The molecule has 2 aromatic carbocycles. The van der Waals surface area contributed by atoms with Gasteiger partial charge in [0.15, 0.2) is 0 Å². The van der Waals surface area contributed by atoms with Gasteiger partial charge in [0.25, 0.3) is 0 Å². The van der Waals surface area contributed by atoms with Gasteiger partial charge in [-0.1, -0.05) is 61.5 Å². The van der Waals surface area contributed by atoms with Crippen LogP contribution >= 0.6 is 0 Å². The number of rotatable bonds is 11. The van der Waals surface area contributed by atoms with Crippen LogP contribution in [0.1, 0.15) is 38.7 Å². The Bertz CT molecular complexity index is 832. The lowest BCUT2D eigenvalue weighted by atomic mass is 9.94. The lowest BCUT2D eigenvalue weighted by Crippen LogP contribution is -2.39. The molecule has 0 saturated carbocycles. The molecule has 1 amide bonds.